The van der Waals surface area contributed by atoms with E-state index < -0.39 is 0 Å². The number of carbonyl (C=O) groups excluding carboxylic acids is 1. The molecular weight excluding hydrogens is 212 g/mol. The fourth-order valence-corrected chi connectivity index (χ4v) is 1.64. The van der Waals surface area contributed by atoms with E-state index in [2.05, 4.69) is 6.92 Å². The van der Waals surface area contributed by atoms with Crippen LogP contribution in [0.5, 0.6) is 0 Å². The summed E-state index contributed by atoms with van der Waals surface area (Å²) in [6.45, 7) is 4.73. The highest BCUT2D eigenvalue weighted by atomic mass is 16.5. The Kier molecular flexibility index (Phi) is 6.38. The number of ether oxygens (including phenoxy) is 1. The van der Waals surface area contributed by atoms with Crippen LogP contribution >= 0.6 is 0 Å². The molecule has 0 aliphatic heterocycles. The Bertz CT molecular complexity index is 327. The molecule has 17 heavy (non-hydrogen) atoms. The predicted octanol–water partition coefficient (Wildman–Crippen LogP) is 4.12. The summed E-state index contributed by atoms with van der Waals surface area (Å²) in [5, 5.41) is 0. The summed E-state index contributed by atoms with van der Waals surface area (Å²) < 4.78 is 5.21. The van der Waals surface area contributed by atoms with Crippen LogP contribution in [-0.4, -0.2) is 12.6 Å². The number of carbonyl (C=O) groups is 1. The maximum absolute atomic E-state index is 11.6. The topological polar surface area (TPSA) is 26.3 Å². The van der Waals surface area contributed by atoms with Crippen LogP contribution < -0.4 is 0 Å². The van der Waals surface area contributed by atoms with Gasteiger partial charge in [0.1, 0.15) is 0 Å². The van der Waals surface area contributed by atoms with E-state index in [1.54, 1.807) is 0 Å². The van der Waals surface area contributed by atoms with Crippen LogP contribution in [0.15, 0.2) is 24.3 Å². The van der Waals surface area contributed by atoms with Crippen molar-refractivity contribution in [2.24, 2.45) is 0 Å². The molecule has 0 amide bonds. The van der Waals surface area contributed by atoms with Gasteiger partial charge in [-0.2, -0.15) is 0 Å². The van der Waals surface area contributed by atoms with E-state index in [1.165, 1.54) is 19.3 Å². The third-order valence-corrected chi connectivity index (χ3v) is 2.77. The smallest absolute Gasteiger partial charge is 0.338 e. The molecule has 0 bridgehead atoms. The minimum absolute atomic E-state index is 0.208. The first-order chi connectivity index (χ1) is 8.24. The van der Waals surface area contributed by atoms with Gasteiger partial charge >= 0.3 is 5.97 Å². The zero-order valence-corrected chi connectivity index (χ0v) is 10.9. The molecule has 0 heterocycles. The quantitative estimate of drug-likeness (QED) is 0.524. The van der Waals surface area contributed by atoms with Gasteiger partial charge in [0.25, 0.3) is 0 Å². The molecule has 0 fully saturated rings. The molecule has 1 aromatic rings. The summed E-state index contributed by atoms with van der Waals surface area (Å²) in [5.41, 5.74) is 1.80. The van der Waals surface area contributed by atoms with E-state index in [9.17, 15) is 4.79 Å². The summed E-state index contributed by atoms with van der Waals surface area (Å²) in [4.78, 5) is 11.6. The van der Waals surface area contributed by atoms with E-state index in [-0.39, 0.29) is 5.97 Å². The summed E-state index contributed by atoms with van der Waals surface area (Å²) in [7, 11) is 0. The Morgan fingerprint density at radius 1 is 1.06 bits per heavy atom. The van der Waals surface area contributed by atoms with Crippen molar-refractivity contribution in [2.45, 2.75) is 46.0 Å². The van der Waals surface area contributed by atoms with E-state index in [0.717, 1.165) is 18.4 Å². The Hall–Kier alpha value is -1.31. The van der Waals surface area contributed by atoms with E-state index in [1.807, 2.05) is 31.2 Å². The molecule has 0 saturated carbocycles. The van der Waals surface area contributed by atoms with Crippen LogP contribution in [0.3, 0.4) is 0 Å². The maximum atomic E-state index is 11.6. The van der Waals surface area contributed by atoms with Crippen LogP contribution in [0.4, 0.5) is 0 Å². The highest BCUT2D eigenvalue weighted by Gasteiger charge is 2.05. The first-order valence-electron chi connectivity index (χ1n) is 6.48. The van der Waals surface area contributed by atoms with Crippen molar-refractivity contribution in [3.05, 3.63) is 35.4 Å². The van der Waals surface area contributed by atoms with Gasteiger partial charge in [0.2, 0.25) is 0 Å². The third-order valence-electron chi connectivity index (χ3n) is 2.77. The highest BCUT2D eigenvalue weighted by Crippen LogP contribution is 2.06. The van der Waals surface area contributed by atoms with E-state index in [0.29, 0.717) is 12.2 Å². The molecule has 94 valence electrons. The fraction of sp³-hybridized carbons (Fsp3) is 0.533. The molecule has 0 spiro atoms. The van der Waals surface area contributed by atoms with Gasteiger partial charge in [-0.1, -0.05) is 50.3 Å². The summed E-state index contributed by atoms with van der Waals surface area (Å²) >= 11 is 0. The summed E-state index contributed by atoms with van der Waals surface area (Å²) in [5.74, 6) is -0.208. The zero-order chi connectivity index (χ0) is 12.5. The number of hydrogen-bond donors (Lipinski definition) is 0. The normalized spacial score (nSPS) is 10.2. The fourth-order valence-electron chi connectivity index (χ4n) is 1.64. The van der Waals surface area contributed by atoms with Crippen molar-refractivity contribution in [1.82, 2.24) is 0 Å². The Labute approximate surface area is 104 Å². The van der Waals surface area contributed by atoms with Gasteiger partial charge in [0.15, 0.2) is 0 Å². The lowest BCUT2D eigenvalue weighted by molar-refractivity contribution is 0.0497. The average Bonchev–Trinajstić information content (AvgIpc) is 2.34. The maximum Gasteiger partial charge on any atom is 0.338 e. The minimum atomic E-state index is -0.208. The van der Waals surface area contributed by atoms with Crippen LogP contribution in [0, 0.1) is 6.92 Å². The van der Waals surface area contributed by atoms with Gasteiger partial charge in [-0.05, 0) is 25.5 Å². The van der Waals surface area contributed by atoms with E-state index >= 15 is 0 Å². The lowest BCUT2D eigenvalue weighted by Gasteiger charge is -2.04. The highest BCUT2D eigenvalue weighted by molar-refractivity contribution is 5.89. The van der Waals surface area contributed by atoms with Gasteiger partial charge in [-0.25, -0.2) is 4.79 Å². The monoisotopic (exact) mass is 234 g/mol. The Morgan fingerprint density at radius 2 is 1.71 bits per heavy atom. The lowest BCUT2D eigenvalue weighted by Crippen LogP contribution is -2.06. The molecule has 0 radical (unpaired) electrons. The molecule has 0 saturated heterocycles. The van der Waals surface area contributed by atoms with Crippen molar-refractivity contribution < 1.29 is 9.53 Å². The van der Waals surface area contributed by atoms with Crippen molar-refractivity contribution in [3.8, 4) is 0 Å². The molecule has 1 aromatic carbocycles. The molecule has 0 atom stereocenters. The van der Waals surface area contributed by atoms with Gasteiger partial charge in [0.05, 0.1) is 12.2 Å². The lowest BCUT2D eigenvalue weighted by atomic mass is 10.1. The molecular formula is C15H22O2. The number of benzene rings is 1. The van der Waals surface area contributed by atoms with Crippen molar-refractivity contribution in [2.75, 3.05) is 6.61 Å². The largest absolute Gasteiger partial charge is 0.462 e. The minimum Gasteiger partial charge on any atom is -0.462 e. The SMILES string of the molecule is CCCCCCCOC(=O)c1ccc(C)cc1. The van der Waals surface area contributed by atoms with Crippen LogP contribution in [-0.2, 0) is 4.74 Å². The Balaban J connectivity index is 2.19. The average molecular weight is 234 g/mol. The second kappa shape index (κ2) is 7.88. The van der Waals surface area contributed by atoms with E-state index in [4.69, 9.17) is 4.74 Å². The summed E-state index contributed by atoms with van der Waals surface area (Å²) in [6, 6.07) is 7.49. The second-order valence-corrected chi connectivity index (χ2v) is 4.42. The molecule has 0 aromatic heterocycles. The van der Waals surface area contributed by atoms with Crippen LogP contribution in [0.2, 0.25) is 0 Å². The van der Waals surface area contributed by atoms with Gasteiger partial charge < -0.3 is 4.74 Å². The third kappa shape index (κ3) is 5.53. The molecule has 0 aliphatic rings. The molecule has 2 nitrogen and oxygen atoms in total. The number of esters is 1. The Morgan fingerprint density at radius 3 is 2.35 bits per heavy atom. The number of unbranched alkanes of at least 4 members (excludes halogenated alkanes) is 4. The van der Waals surface area contributed by atoms with Crippen molar-refractivity contribution >= 4 is 5.97 Å². The van der Waals surface area contributed by atoms with Crippen molar-refractivity contribution in [3.63, 3.8) is 0 Å². The van der Waals surface area contributed by atoms with Gasteiger partial charge in [0, 0.05) is 0 Å². The molecule has 0 N–H and O–H groups in total. The number of hydrogen-bond acceptors (Lipinski definition) is 2. The van der Waals surface area contributed by atoms with Crippen LogP contribution in [0.1, 0.15) is 54.9 Å². The second-order valence-electron chi connectivity index (χ2n) is 4.42. The van der Waals surface area contributed by atoms with Gasteiger partial charge in [-0.3, -0.25) is 0 Å². The first kappa shape index (κ1) is 13.8. The molecule has 0 aliphatic carbocycles. The molecule has 0 unspecified atom stereocenters. The molecule has 2 heteroatoms. The molecule has 1 rings (SSSR count). The number of rotatable bonds is 7. The standard InChI is InChI=1S/C15H22O2/c1-3-4-5-6-7-12-17-15(16)14-10-8-13(2)9-11-14/h8-11H,3-7,12H2,1-2H3. The van der Waals surface area contributed by atoms with Crippen molar-refractivity contribution in [1.29, 1.82) is 0 Å². The van der Waals surface area contributed by atoms with Gasteiger partial charge in [-0.15, -0.1) is 0 Å². The number of aryl methyl sites for hydroxylation is 1. The first-order valence-corrected chi connectivity index (χ1v) is 6.48. The predicted molar refractivity (Wildman–Crippen MR) is 70.2 cm³/mol. The van der Waals surface area contributed by atoms with Crippen LogP contribution in [0.25, 0.3) is 0 Å². The zero-order valence-electron chi connectivity index (χ0n) is 10.9. The summed E-state index contributed by atoms with van der Waals surface area (Å²) in [6.07, 6.45) is 5.86.